The molecule has 1 heterocycles. The third-order valence-corrected chi connectivity index (χ3v) is 7.00. The van der Waals surface area contributed by atoms with Gasteiger partial charge in [0.2, 0.25) is 10.0 Å². The van der Waals surface area contributed by atoms with Gasteiger partial charge < -0.3 is 5.32 Å². The van der Waals surface area contributed by atoms with E-state index in [1.54, 1.807) is 11.4 Å². The number of nitrogens with one attached hydrogen (secondary N) is 1. The van der Waals surface area contributed by atoms with Crippen molar-refractivity contribution in [3.8, 4) is 0 Å². The summed E-state index contributed by atoms with van der Waals surface area (Å²) in [6, 6.07) is 4.13. The molecule has 1 aliphatic rings. The van der Waals surface area contributed by atoms with E-state index in [0.29, 0.717) is 4.90 Å². The molecule has 0 spiro atoms. The maximum absolute atomic E-state index is 13.1. The summed E-state index contributed by atoms with van der Waals surface area (Å²) in [5.41, 5.74) is 2.88. The fourth-order valence-electron chi connectivity index (χ4n) is 3.30. The van der Waals surface area contributed by atoms with E-state index >= 15 is 0 Å². The van der Waals surface area contributed by atoms with E-state index in [9.17, 15) is 8.42 Å². The third-order valence-electron chi connectivity index (χ3n) is 4.79. The van der Waals surface area contributed by atoms with Gasteiger partial charge in [0.15, 0.2) is 0 Å². The van der Waals surface area contributed by atoms with E-state index < -0.39 is 10.0 Å². The molecule has 1 saturated heterocycles. The second-order valence-electron chi connectivity index (χ2n) is 7.69. The molecule has 2 rings (SSSR count). The van der Waals surface area contributed by atoms with Crippen molar-refractivity contribution in [2.45, 2.75) is 63.8 Å². The number of nitrogens with zero attached hydrogens (tertiary/aromatic N) is 1. The summed E-state index contributed by atoms with van der Waals surface area (Å²) in [6.07, 6.45) is 1.74. The van der Waals surface area contributed by atoms with Crippen molar-refractivity contribution in [1.82, 2.24) is 9.62 Å². The van der Waals surface area contributed by atoms with Crippen LogP contribution in [0.15, 0.2) is 17.0 Å². The van der Waals surface area contributed by atoms with Crippen LogP contribution in [0, 0.1) is 13.8 Å². The predicted octanol–water partition coefficient (Wildman–Crippen LogP) is 2.97. The number of hydrogen-bond donors (Lipinski definition) is 1. The largest absolute Gasteiger partial charge is 0.317 e. The molecule has 23 heavy (non-hydrogen) atoms. The SMILES string of the molecule is Cc1cc(C(C)(C)C)cc(C)c1S(=O)(=O)N(C)C1CCNCC1. The normalized spacial score (nSPS) is 17.7. The fourth-order valence-corrected chi connectivity index (χ4v) is 5.12. The number of aryl methyl sites for hydroxylation is 2. The predicted molar refractivity (Wildman–Crippen MR) is 95.5 cm³/mol. The molecule has 0 unspecified atom stereocenters. The Morgan fingerprint density at radius 1 is 1.09 bits per heavy atom. The van der Waals surface area contributed by atoms with Gasteiger partial charge in [-0.2, -0.15) is 4.31 Å². The highest BCUT2D eigenvalue weighted by molar-refractivity contribution is 7.89. The summed E-state index contributed by atoms with van der Waals surface area (Å²) in [7, 11) is -1.73. The van der Waals surface area contributed by atoms with Crippen LogP contribution in [0.25, 0.3) is 0 Å². The number of sulfonamides is 1. The Morgan fingerprint density at radius 3 is 2.00 bits per heavy atom. The topological polar surface area (TPSA) is 49.4 Å². The Balaban J connectivity index is 2.43. The molecule has 1 aliphatic heterocycles. The lowest BCUT2D eigenvalue weighted by Crippen LogP contribution is -2.44. The van der Waals surface area contributed by atoms with Crippen molar-refractivity contribution in [2.75, 3.05) is 20.1 Å². The Bertz CT molecular complexity index is 646. The average molecular weight is 339 g/mol. The maximum Gasteiger partial charge on any atom is 0.243 e. The Kier molecular flexibility index (Phi) is 5.24. The fraction of sp³-hybridized carbons (Fsp3) is 0.667. The molecule has 1 N–H and O–H groups in total. The third kappa shape index (κ3) is 3.78. The summed E-state index contributed by atoms with van der Waals surface area (Å²) >= 11 is 0. The minimum atomic E-state index is -3.46. The summed E-state index contributed by atoms with van der Waals surface area (Å²) in [4.78, 5) is 0.478. The van der Waals surface area contributed by atoms with Crippen LogP contribution in [0.4, 0.5) is 0 Å². The molecular weight excluding hydrogens is 308 g/mol. The average Bonchev–Trinajstić information content (AvgIpc) is 2.45. The van der Waals surface area contributed by atoms with Gasteiger partial charge in [0, 0.05) is 13.1 Å². The maximum atomic E-state index is 13.1. The van der Waals surface area contributed by atoms with E-state index in [1.807, 2.05) is 26.0 Å². The van der Waals surface area contributed by atoms with Crippen LogP contribution in [0.3, 0.4) is 0 Å². The highest BCUT2D eigenvalue weighted by atomic mass is 32.2. The lowest BCUT2D eigenvalue weighted by molar-refractivity contribution is 0.296. The summed E-state index contributed by atoms with van der Waals surface area (Å²) in [5.74, 6) is 0. The van der Waals surface area contributed by atoms with Gasteiger partial charge in [-0.3, -0.25) is 0 Å². The van der Waals surface area contributed by atoms with Crippen LogP contribution >= 0.6 is 0 Å². The first-order chi connectivity index (χ1) is 10.5. The zero-order valence-electron chi connectivity index (χ0n) is 15.2. The molecule has 0 aliphatic carbocycles. The zero-order valence-corrected chi connectivity index (χ0v) is 16.0. The Morgan fingerprint density at radius 2 is 1.57 bits per heavy atom. The first kappa shape index (κ1) is 18.4. The molecule has 1 aromatic carbocycles. The van der Waals surface area contributed by atoms with Gasteiger partial charge in [0.05, 0.1) is 4.90 Å². The van der Waals surface area contributed by atoms with Crippen molar-refractivity contribution in [1.29, 1.82) is 0 Å². The molecule has 0 atom stereocenters. The minimum absolute atomic E-state index is 0.0127. The van der Waals surface area contributed by atoms with Crippen LogP contribution in [0.1, 0.15) is 50.3 Å². The van der Waals surface area contributed by atoms with E-state index in [4.69, 9.17) is 0 Å². The van der Waals surface area contributed by atoms with E-state index in [1.165, 1.54) is 5.56 Å². The summed E-state index contributed by atoms with van der Waals surface area (Å²) in [6.45, 7) is 12.0. The zero-order chi connectivity index (χ0) is 17.4. The molecular formula is C18H30N2O2S. The van der Waals surface area contributed by atoms with Crippen LogP contribution in [-0.4, -0.2) is 38.9 Å². The molecule has 1 aromatic rings. The molecule has 1 fully saturated rings. The first-order valence-corrected chi connectivity index (χ1v) is 9.79. The van der Waals surface area contributed by atoms with Crippen molar-refractivity contribution in [3.05, 3.63) is 28.8 Å². The molecule has 0 aromatic heterocycles. The minimum Gasteiger partial charge on any atom is -0.317 e. The molecule has 0 radical (unpaired) electrons. The second kappa shape index (κ2) is 6.54. The summed E-state index contributed by atoms with van der Waals surface area (Å²) in [5, 5.41) is 3.29. The van der Waals surface area contributed by atoms with Crippen LogP contribution in [-0.2, 0) is 15.4 Å². The van der Waals surface area contributed by atoms with Gasteiger partial charge in [0.25, 0.3) is 0 Å². The second-order valence-corrected chi connectivity index (χ2v) is 9.63. The van der Waals surface area contributed by atoms with E-state index in [0.717, 1.165) is 37.1 Å². The van der Waals surface area contributed by atoms with Gasteiger partial charge in [-0.1, -0.05) is 32.9 Å². The molecule has 5 heteroatoms. The van der Waals surface area contributed by atoms with Gasteiger partial charge in [0.1, 0.15) is 0 Å². The monoisotopic (exact) mass is 338 g/mol. The van der Waals surface area contributed by atoms with Crippen molar-refractivity contribution in [3.63, 3.8) is 0 Å². The van der Waals surface area contributed by atoms with Gasteiger partial charge in [-0.05, 0) is 61.9 Å². The number of rotatable bonds is 3. The number of hydrogen-bond acceptors (Lipinski definition) is 3. The summed E-state index contributed by atoms with van der Waals surface area (Å²) < 4.78 is 27.9. The van der Waals surface area contributed by atoms with Gasteiger partial charge in [-0.25, -0.2) is 8.42 Å². The standard InChI is InChI=1S/C18H30N2O2S/c1-13-11-15(18(3,4)5)12-14(2)17(13)23(21,22)20(6)16-7-9-19-10-8-16/h11-12,16,19H,7-10H2,1-6H3. The van der Waals surface area contributed by atoms with Crippen LogP contribution in [0.2, 0.25) is 0 Å². The smallest absolute Gasteiger partial charge is 0.243 e. The first-order valence-electron chi connectivity index (χ1n) is 8.35. The molecule has 0 bridgehead atoms. The van der Waals surface area contributed by atoms with Crippen molar-refractivity contribution >= 4 is 10.0 Å². The molecule has 4 nitrogen and oxygen atoms in total. The van der Waals surface area contributed by atoms with Gasteiger partial charge in [-0.15, -0.1) is 0 Å². The number of benzene rings is 1. The van der Waals surface area contributed by atoms with Crippen LogP contribution < -0.4 is 5.32 Å². The van der Waals surface area contributed by atoms with E-state index in [-0.39, 0.29) is 11.5 Å². The Hall–Kier alpha value is -0.910. The molecule has 0 saturated carbocycles. The molecule has 130 valence electrons. The number of piperidine rings is 1. The van der Waals surface area contributed by atoms with Crippen molar-refractivity contribution in [2.24, 2.45) is 0 Å². The quantitative estimate of drug-likeness (QED) is 0.922. The lowest BCUT2D eigenvalue weighted by Gasteiger charge is -2.32. The lowest BCUT2D eigenvalue weighted by atomic mass is 9.85. The highest BCUT2D eigenvalue weighted by Gasteiger charge is 2.31. The highest BCUT2D eigenvalue weighted by Crippen LogP contribution is 2.31. The van der Waals surface area contributed by atoms with Crippen LogP contribution in [0.5, 0.6) is 0 Å². The van der Waals surface area contributed by atoms with Gasteiger partial charge >= 0.3 is 0 Å². The van der Waals surface area contributed by atoms with Crippen molar-refractivity contribution < 1.29 is 8.42 Å². The molecule has 0 amide bonds. The Labute approximate surface area is 141 Å². The van der Waals surface area contributed by atoms with E-state index in [2.05, 4.69) is 26.1 Å².